The van der Waals surface area contributed by atoms with Gasteiger partial charge in [0, 0.05) is 0 Å². The van der Waals surface area contributed by atoms with Gasteiger partial charge in [-0.2, -0.15) is 0 Å². The van der Waals surface area contributed by atoms with Crippen LogP contribution in [0.5, 0.6) is 0 Å². The van der Waals surface area contributed by atoms with Gasteiger partial charge in [-0.3, -0.25) is 0 Å². The lowest BCUT2D eigenvalue weighted by Gasteiger charge is -2.13. The van der Waals surface area contributed by atoms with Crippen LogP contribution in [-0.4, -0.2) is 0 Å². The van der Waals surface area contributed by atoms with Crippen molar-refractivity contribution >= 4 is 0 Å². The van der Waals surface area contributed by atoms with Crippen LogP contribution in [0.3, 0.4) is 0 Å². The summed E-state index contributed by atoms with van der Waals surface area (Å²) in [4.78, 5) is 0. The van der Waals surface area contributed by atoms with E-state index >= 15 is 0 Å². The Kier molecular flexibility index (Phi) is 1.52. The lowest BCUT2D eigenvalue weighted by Crippen LogP contribution is -2.02. The summed E-state index contributed by atoms with van der Waals surface area (Å²) in [5.41, 5.74) is 3.30. The standard InChI is InChI=1S/C13H16/c1-9-10-5-2-3-6-12(10)13-8-4-7-11(9)13/h2-3,5-6,9,11,13H,4,7-8H2,1H3. The molecule has 0 spiro atoms. The predicted octanol–water partition coefficient (Wildman–Crippen LogP) is 3.69. The van der Waals surface area contributed by atoms with E-state index in [4.69, 9.17) is 0 Å². The minimum Gasteiger partial charge on any atom is -0.0620 e. The van der Waals surface area contributed by atoms with Crippen molar-refractivity contribution < 1.29 is 0 Å². The Labute approximate surface area is 80.0 Å². The van der Waals surface area contributed by atoms with Gasteiger partial charge in [0.1, 0.15) is 0 Å². The van der Waals surface area contributed by atoms with Crippen molar-refractivity contribution in [1.29, 1.82) is 0 Å². The van der Waals surface area contributed by atoms with E-state index in [1.807, 2.05) is 0 Å². The molecule has 13 heavy (non-hydrogen) atoms. The lowest BCUT2D eigenvalue weighted by atomic mass is 9.91. The first-order valence-electron chi connectivity index (χ1n) is 5.47. The molecule has 0 saturated heterocycles. The minimum absolute atomic E-state index is 0.823. The molecule has 1 aromatic carbocycles. The van der Waals surface area contributed by atoms with Crippen molar-refractivity contribution in [3.8, 4) is 0 Å². The van der Waals surface area contributed by atoms with Crippen molar-refractivity contribution in [2.45, 2.75) is 38.0 Å². The van der Waals surface area contributed by atoms with Crippen LogP contribution in [0.1, 0.15) is 49.1 Å². The molecule has 1 fully saturated rings. The van der Waals surface area contributed by atoms with Crippen LogP contribution in [-0.2, 0) is 0 Å². The fourth-order valence-electron chi connectivity index (χ4n) is 3.47. The van der Waals surface area contributed by atoms with Crippen LogP contribution < -0.4 is 0 Å². The zero-order valence-corrected chi connectivity index (χ0v) is 8.16. The van der Waals surface area contributed by atoms with Gasteiger partial charge >= 0.3 is 0 Å². The zero-order chi connectivity index (χ0) is 8.84. The van der Waals surface area contributed by atoms with Gasteiger partial charge in [0.05, 0.1) is 0 Å². The van der Waals surface area contributed by atoms with Crippen LogP contribution in [0.25, 0.3) is 0 Å². The summed E-state index contributed by atoms with van der Waals surface area (Å²) >= 11 is 0. The van der Waals surface area contributed by atoms with E-state index in [0.29, 0.717) is 0 Å². The molecule has 0 heteroatoms. The molecule has 1 saturated carbocycles. The zero-order valence-electron chi connectivity index (χ0n) is 8.16. The average molecular weight is 172 g/mol. The molecule has 1 aromatic rings. The van der Waals surface area contributed by atoms with Gasteiger partial charge in [0.25, 0.3) is 0 Å². The van der Waals surface area contributed by atoms with Crippen LogP contribution in [0, 0.1) is 5.92 Å². The Morgan fingerprint density at radius 2 is 1.85 bits per heavy atom. The molecule has 0 nitrogen and oxygen atoms in total. The third-order valence-electron chi connectivity index (χ3n) is 4.10. The normalized spacial score (nSPS) is 35.9. The molecule has 3 rings (SSSR count). The summed E-state index contributed by atoms with van der Waals surface area (Å²) in [5.74, 6) is 2.70. The lowest BCUT2D eigenvalue weighted by molar-refractivity contribution is 0.457. The van der Waals surface area contributed by atoms with Crippen molar-refractivity contribution in [2.24, 2.45) is 5.92 Å². The number of rotatable bonds is 0. The first-order valence-corrected chi connectivity index (χ1v) is 5.47. The van der Waals surface area contributed by atoms with Crippen LogP contribution >= 0.6 is 0 Å². The Balaban J connectivity index is 2.13. The van der Waals surface area contributed by atoms with Gasteiger partial charge in [0.15, 0.2) is 0 Å². The van der Waals surface area contributed by atoms with E-state index in [0.717, 1.165) is 17.8 Å². The average Bonchev–Trinajstić information content (AvgIpc) is 2.72. The Morgan fingerprint density at radius 3 is 2.69 bits per heavy atom. The molecule has 0 heterocycles. The molecule has 2 aliphatic carbocycles. The summed E-state index contributed by atoms with van der Waals surface area (Å²) < 4.78 is 0. The Bertz CT molecular complexity index is 327. The molecule has 0 N–H and O–H groups in total. The highest BCUT2D eigenvalue weighted by Crippen LogP contribution is 2.54. The Hall–Kier alpha value is -0.780. The van der Waals surface area contributed by atoms with E-state index < -0.39 is 0 Å². The first kappa shape index (κ1) is 7.61. The maximum atomic E-state index is 2.41. The highest BCUT2D eigenvalue weighted by molar-refractivity contribution is 5.40. The summed E-state index contributed by atoms with van der Waals surface area (Å²) in [5, 5.41) is 0. The smallest absolute Gasteiger partial charge is 0.0125 e. The number of benzene rings is 1. The highest BCUT2D eigenvalue weighted by Gasteiger charge is 2.40. The molecule has 2 aliphatic rings. The maximum absolute atomic E-state index is 2.41. The van der Waals surface area contributed by atoms with Gasteiger partial charge in [-0.1, -0.05) is 37.6 Å². The van der Waals surface area contributed by atoms with Crippen LogP contribution in [0.4, 0.5) is 0 Å². The number of fused-ring (bicyclic) bond motifs is 3. The van der Waals surface area contributed by atoms with Gasteiger partial charge in [-0.15, -0.1) is 0 Å². The monoisotopic (exact) mass is 172 g/mol. The molecule has 0 radical (unpaired) electrons. The fraction of sp³-hybridized carbons (Fsp3) is 0.538. The molecule has 68 valence electrons. The molecule has 0 bridgehead atoms. The molecule has 0 aliphatic heterocycles. The van der Waals surface area contributed by atoms with Crippen LogP contribution in [0.15, 0.2) is 24.3 Å². The molecule has 3 atom stereocenters. The summed E-state index contributed by atoms with van der Waals surface area (Å²) in [6.45, 7) is 2.41. The van der Waals surface area contributed by atoms with Crippen LogP contribution in [0.2, 0.25) is 0 Å². The van der Waals surface area contributed by atoms with Crippen molar-refractivity contribution in [1.82, 2.24) is 0 Å². The second-order valence-electron chi connectivity index (χ2n) is 4.62. The summed E-state index contributed by atoms with van der Waals surface area (Å²) in [6, 6.07) is 9.07. The third-order valence-corrected chi connectivity index (χ3v) is 4.10. The number of hydrogen-bond acceptors (Lipinski definition) is 0. The van der Waals surface area contributed by atoms with Crippen molar-refractivity contribution in [3.05, 3.63) is 35.4 Å². The van der Waals surface area contributed by atoms with Gasteiger partial charge in [-0.25, -0.2) is 0 Å². The van der Waals surface area contributed by atoms with Crippen molar-refractivity contribution in [2.75, 3.05) is 0 Å². The predicted molar refractivity (Wildman–Crippen MR) is 54.9 cm³/mol. The van der Waals surface area contributed by atoms with Gasteiger partial charge in [0.2, 0.25) is 0 Å². The van der Waals surface area contributed by atoms with E-state index in [-0.39, 0.29) is 0 Å². The quantitative estimate of drug-likeness (QED) is 0.560. The molecule has 0 amide bonds. The summed E-state index contributed by atoms with van der Waals surface area (Å²) in [7, 11) is 0. The highest BCUT2D eigenvalue weighted by atomic mass is 14.4. The SMILES string of the molecule is CC1c2ccccc2C2CCCC12. The molecule has 0 aromatic heterocycles. The summed E-state index contributed by atoms with van der Waals surface area (Å²) in [6.07, 6.45) is 4.35. The van der Waals surface area contributed by atoms with E-state index in [1.165, 1.54) is 19.3 Å². The van der Waals surface area contributed by atoms with E-state index in [1.54, 1.807) is 11.1 Å². The fourth-order valence-corrected chi connectivity index (χ4v) is 3.47. The topological polar surface area (TPSA) is 0 Å². The third kappa shape index (κ3) is 0.919. The maximum Gasteiger partial charge on any atom is -0.0125 e. The van der Waals surface area contributed by atoms with Gasteiger partial charge < -0.3 is 0 Å². The second kappa shape index (κ2) is 2.60. The minimum atomic E-state index is 0.823. The number of hydrogen-bond donors (Lipinski definition) is 0. The second-order valence-corrected chi connectivity index (χ2v) is 4.62. The largest absolute Gasteiger partial charge is 0.0620 e. The van der Waals surface area contributed by atoms with Crippen molar-refractivity contribution in [3.63, 3.8) is 0 Å². The molecule has 3 unspecified atom stereocenters. The molecular formula is C13H16. The Morgan fingerprint density at radius 1 is 1.08 bits per heavy atom. The van der Waals surface area contributed by atoms with Gasteiger partial charge in [-0.05, 0) is 41.7 Å². The van der Waals surface area contributed by atoms with E-state index in [2.05, 4.69) is 31.2 Å². The van der Waals surface area contributed by atoms with E-state index in [9.17, 15) is 0 Å². The molecular weight excluding hydrogens is 156 g/mol. The first-order chi connectivity index (χ1) is 6.38.